The molecule has 4 heterocycles. The van der Waals surface area contributed by atoms with Crippen molar-refractivity contribution >= 4 is 40.5 Å². The molecule has 0 saturated heterocycles. The number of carbonyl (C=O) groups excluding carboxylic acids is 1. The molecule has 8 nitrogen and oxygen atoms in total. The SMILES string of the molecule is COc1cc(OCCF)ncc1-c1nc2c(n1C(C)C)C1(C(=O)Nc3cc(Cl)ccc31)N(c1cc(Cl)ccc1C)C2. The second-order valence-electron chi connectivity index (χ2n) is 10.3. The average molecular weight is 596 g/mol. The van der Waals surface area contributed by atoms with Gasteiger partial charge >= 0.3 is 0 Å². The Morgan fingerprint density at radius 1 is 1.15 bits per heavy atom. The van der Waals surface area contributed by atoms with E-state index in [0.717, 1.165) is 28.2 Å². The number of methoxy groups -OCH3 is 1. The number of imidazole rings is 1. The van der Waals surface area contributed by atoms with Crippen LogP contribution in [0.25, 0.3) is 11.4 Å². The van der Waals surface area contributed by atoms with Gasteiger partial charge in [0.2, 0.25) is 5.88 Å². The third-order valence-corrected chi connectivity index (χ3v) is 8.06. The summed E-state index contributed by atoms with van der Waals surface area (Å²) in [5.41, 5.74) is 4.10. The number of hydrogen-bond acceptors (Lipinski definition) is 6. The van der Waals surface area contributed by atoms with Crippen LogP contribution in [-0.4, -0.2) is 40.8 Å². The number of hydrogen-bond donors (Lipinski definition) is 1. The Kier molecular flexibility index (Phi) is 6.82. The average Bonchev–Trinajstić information content (AvgIpc) is 3.57. The number of benzene rings is 2. The molecule has 0 radical (unpaired) electrons. The number of nitrogens with zero attached hydrogens (tertiary/aromatic N) is 4. The van der Waals surface area contributed by atoms with E-state index in [1.54, 1.807) is 31.5 Å². The topological polar surface area (TPSA) is 81.5 Å². The number of rotatable bonds is 7. The van der Waals surface area contributed by atoms with Crippen molar-refractivity contribution in [1.29, 1.82) is 0 Å². The fraction of sp³-hybridized carbons (Fsp3) is 0.300. The molecule has 1 amide bonds. The van der Waals surface area contributed by atoms with Crippen LogP contribution in [0, 0.1) is 6.92 Å². The first-order valence-electron chi connectivity index (χ1n) is 13.2. The molecule has 0 fully saturated rings. The Hall–Kier alpha value is -3.82. The van der Waals surface area contributed by atoms with Crippen molar-refractivity contribution < 1.29 is 18.7 Å². The summed E-state index contributed by atoms with van der Waals surface area (Å²) in [7, 11) is 1.55. The number of pyridine rings is 1. The van der Waals surface area contributed by atoms with Crippen LogP contribution in [-0.2, 0) is 16.9 Å². The minimum atomic E-state index is -1.24. The van der Waals surface area contributed by atoms with Crippen molar-refractivity contribution in [2.75, 3.05) is 30.6 Å². The van der Waals surface area contributed by atoms with E-state index in [1.807, 2.05) is 45.0 Å². The molecule has 2 aromatic heterocycles. The zero-order valence-corrected chi connectivity index (χ0v) is 24.5. The fourth-order valence-corrected chi connectivity index (χ4v) is 6.29. The Labute approximate surface area is 247 Å². The lowest BCUT2D eigenvalue weighted by atomic mass is 9.86. The lowest BCUT2D eigenvalue weighted by Crippen LogP contribution is -2.49. The molecule has 11 heteroatoms. The minimum Gasteiger partial charge on any atom is -0.496 e. The quantitative estimate of drug-likeness (QED) is 0.255. The summed E-state index contributed by atoms with van der Waals surface area (Å²) in [6, 6.07) is 12.6. The zero-order valence-electron chi connectivity index (χ0n) is 23.0. The van der Waals surface area contributed by atoms with Gasteiger partial charge in [-0.3, -0.25) is 4.79 Å². The van der Waals surface area contributed by atoms with Crippen LogP contribution in [0.3, 0.4) is 0 Å². The normalized spacial score (nSPS) is 17.3. The predicted octanol–water partition coefficient (Wildman–Crippen LogP) is 6.71. The van der Waals surface area contributed by atoms with Gasteiger partial charge in [0, 0.05) is 45.3 Å². The van der Waals surface area contributed by atoms with Gasteiger partial charge in [-0.2, -0.15) is 0 Å². The zero-order chi connectivity index (χ0) is 29.1. The Morgan fingerprint density at radius 2 is 1.90 bits per heavy atom. The van der Waals surface area contributed by atoms with Gasteiger partial charge in [0.05, 0.1) is 30.6 Å². The first-order chi connectivity index (χ1) is 19.7. The van der Waals surface area contributed by atoms with E-state index in [1.165, 1.54) is 0 Å². The first-order valence-corrected chi connectivity index (χ1v) is 14.0. The Balaban J connectivity index is 1.63. The van der Waals surface area contributed by atoms with E-state index in [2.05, 4.69) is 19.8 Å². The summed E-state index contributed by atoms with van der Waals surface area (Å²) in [5, 5.41) is 4.18. The third-order valence-electron chi connectivity index (χ3n) is 7.59. The lowest BCUT2D eigenvalue weighted by Gasteiger charge is -2.38. The van der Waals surface area contributed by atoms with Crippen molar-refractivity contribution in [1.82, 2.24) is 14.5 Å². The maximum absolute atomic E-state index is 14.3. The van der Waals surface area contributed by atoms with Gasteiger partial charge in [-0.25, -0.2) is 14.4 Å². The highest BCUT2D eigenvalue weighted by Crippen LogP contribution is 2.55. The van der Waals surface area contributed by atoms with Gasteiger partial charge in [-0.05, 0) is 50.6 Å². The maximum Gasteiger partial charge on any atom is 0.261 e. The standard InChI is InChI=1S/C30H28Cl2FN5O3/c1-16(2)38-27-23(35-28(38)20-14-34-26(41-10-9-33)13-25(20)40-4)15-37(24-12-19(32)6-5-17(24)3)30(27)21-8-7-18(31)11-22(21)36-29(30)39/h5-8,11-14,16H,9-10,15H2,1-4H3,(H,36,39). The van der Waals surface area contributed by atoms with Crippen molar-refractivity contribution in [2.24, 2.45) is 0 Å². The number of halogens is 3. The predicted molar refractivity (Wildman–Crippen MR) is 157 cm³/mol. The van der Waals surface area contributed by atoms with Crippen molar-refractivity contribution in [3.05, 3.63) is 81.2 Å². The highest BCUT2D eigenvalue weighted by atomic mass is 35.5. The molecule has 2 aliphatic rings. The number of aromatic nitrogens is 3. The second kappa shape index (κ2) is 10.2. The fourth-order valence-electron chi connectivity index (χ4n) is 5.95. The molecule has 41 heavy (non-hydrogen) atoms. The molecule has 0 saturated carbocycles. The summed E-state index contributed by atoms with van der Waals surface area (Å²) >= 11 is 12.8. The summed E-state index contributed by atoms with van der Waals surface area (Å²) in [5.74, 6) is 1.11. The molecule has 2 aliphatic heterocycles. The van der Waals surface area contributed by atoms with E-state index >= 15 is 0 Å². The first kappa shape index (κ1) is 27.4. The van der Waals surface area contributed by atoms with Crippen LogP contribution in [0.4, 0.5) is 15.8 Å². The van der Waals surface area contributed by atoms with Crippen LogP contribution in [0.1, 0.15) is 42.4 Å². The van der Waals surface area contributed by atoms with E-state index in [-0.39, 0.29) is 24.4 Å². The molecular weight excluding hydrogens is 568 g/mol. The molecular formula is C30H28Cl2FN5O3. The molecule has 1 N–H and O–H groups in total. The number of fused-ring (bicyclic) bond motifs is 4. The molecule has 1 spiro atoms. The molecule has 1 atom stereocenters. The van der Waals surface area contributed by atoms with Crippen LogP contribution in [0.5, 0.6) is 11.6 Å². The summed E-state index contributed by atoms with van der Waals surface area (Å²) in [6.45, 7) is 5.70. The van der Waals surface area contributed by atoms with Crippen LogP contribution >= 0.6 is 23.2 Å². The van der Waals surface area contributed by atoms with E-state index in [0.29, 0.717) is 39.4 Å². The molecule has 4 aromatic rings. The monoisotopic (exact) mass is 595 g/mol. The Bertz CT molecular complexity index is 1690. The van der Waals surface area contributed by atoms with Crippen molar-refractivity contribution in [3.63, 3.8) is 0 Å². The maximum atomic E-state index is 14.3. The number of amides is 1. The van der Waals surface area contributed by atoms with Gasteiger partial charge in [0.25, 0.3) is 5.91 Å². The number of aryl methyl sites for hydroxylation is 1. The number of carbonyl (C=O) groups is 1. The molecule has 6 rings (SSSR count). The van der Waals surface area contributed by atoms with Gasteiger partial charge in [-0.15, -0.1) is 0 Å². The number of ether oxygens (including phenoxy) is 2. The largest absolute Gasteiger partial charge is 0.496 e. The number of nitrogens with one attached hydrogen (secondary N) is 1. The molecule has 2 aromatic carbocycles. The van der Waals surface area contributed by atoms with E-state index < -0.39 is 12.2 Å². The smallest absolute Gasteiger partial charge is 0.261 e. The van der Waals surface area contributed by atoms with Crippen LogP contribution < -0.4 is 19.7 Å². The van der Waals surface area contributed by atoms with Crippen LogP contribution in [0.2, 0.25) is 10.0 Å². The van der Waals surface area contributed by atoms with E-state index in [9.17, 15) is 9.18 Å². The van der Waals surface area contributed by atoms with E-state index in [4.69, 9.17) is 37.7 Å². The molecule has 1 unspecified atom stereocenters. The van der Waals surface area contributed by atoms with Crippen LogP contribution in [0.15, 0.2) is 48.7 Å². The van der Waals surface area contributed by atoms with Crippen molar-refractivity contribution in [2.45, 2.75) is 38.9 Å². The van der Waals surface area contributed by atoms with Gasteiger partial charge in [0.1, 0.15) is 24.9 Å². The highest BCUT2D eigenvalue weighted by Gasteiger charge is 2.60. The summed E-state index contributed by atoms with van der Waals surface area (Å²) < 4.78 is 25.8. The number of anilines is 2. The molecule has 0 bridgehead atoms. The minimum absolute atomic E-state index is 0.102. The molecule has 0 aliphatic carbocycles. The second-order valence-corrected chi connectivity index (χ2v) is 11.2. The molecule has 212 valence electrons. The van der Waals surface area contributed by atoms with Crippen molar-refractivity contribution in [3.8, 4) is 23.0 Å². The van der Waals surface area contributed by atoms with Gasteiger partial charge < -0.3 is 24.3 Å². The van der Waals surface area contributed by atoms with Gasteiger partial charge in [-0.1, -0.05) is 35.3 Å². The highest BCUT2D eigenvalue weighted by molar-refractivity contribution is 6.31. The van der Waals surface area contributed by atoms with Gasteiger partial charge in [0.15, 0.2) is 5.54 Å². The number of alkyl halides is 1. The lowest BCUT2D eigenvalue weighted by molar-refractivity contribution is -0.119. The summed E-state index contributed by atoms with van der Waals surface area (Å²) in [4.78, 5) is 25.9. The third kappa shape index (κ3) is 4.13. The summed E-state index contributed by atoms with van der Waals surface area (Å²) in [6.07, 6.45) is 1.61. The Morgan fingerprint density at radius 3 is 2.63 bits per heavy atom.